The normalized spacial score (nSPS) is 12.6. The van der Waals surface area contributed by atoms with E-state index in [1.54, 1.807) is 12.1 Å². The lowest BCUT2D eigenvalue weighted by molar-refractivity contribution is 0.473. The van der Waals surface area contributed by atoms with Gasteiger partial charge in [-0.15, -0.1) is 11.3 Å². The van der Waals surface area contributed by atoms with Gasteiger partial charge in [-0.25, -0.2) is 13.1 Å². The summed E-state index contributed by atoms with van der Waals surface area (Å²) in [5.41, 5.74) is 2.23. The summed E-state index contributed by atoms with van der Waals surface area (Å²) in [6, 6.07) is 3.43. The Bertz CT molecular complexity index is 930. The first-order valence-corrected chi connectivity index (χ1v) is 12.0. The van der Waals surface area contributed by atoms with Gasteiger partial charge < -0.3 is 10.2 Å². The minimum absolute atomic E-state index is 0.242. The van der Waals surface area contributed by atoms with E-state index in [4.69, 9.17) is 0 Å². The van der Waals surface area contributed by atoms with E-state index >= 15 is 0 Å². The highest BCUT2D eigenvalue weighted by Crippen LogP contribution is 2.20. The molecule has 0 saturated carbocycles. The highest BCUT2D eigenvalue weighted by Gasteiger charge is 2.16. The SMILES string of the molecule is CCNC(=NCCNS(=O)(=O)c1ccc(C)s1)N(C)Cc1cn(C)nc1C(C)C. The molecule has 0 aliphatic heterocycles. The maximum Gasteiger partial charge on any atom is 0.250 e. The first-order chi connectivity index (χ1) is 13.6. The average Bonchev–Trinajstić information content (AvgIpc) is 3.23. The molecule has 8 nitrogen and oxygen atoms in total. The van der Waals surface area contributed by atoms with E-state index in [0.717, 1.165) is 28.6 Å². The number of thiophene rings is 1. The van der Waals surface area contributed by atoms with Gasteiger partial charge in [-0.3, -0.25) is 9.67 Å². The summed E-state index contributed by atoms with van der Waals surface area (Å²) < 4.78 is 29.4. The van der Waals surface area contributed by atoms with Crippen molar-refractivity contribution in [2.45, 2.75) is 44.4 Å². The third-order valence-corrected chi connectivity index (χ3v) is 7.19. The van der Waals surface area contributed by atoms with Gasteiger partial charge in [0.1, 0.15) is 4.21 Å². The van der Waals surface area contributed by atoms with E-state index in [1.807, 2.05) is 43.7 Å². The third kappa shape index (κ3) is 6.55. The lowest BCUT2D eigenvalue weighted by Gasteiger charge is -2.22. The first kappa shape index (κ1) is 23.4. The largest absolute Gasteiger partial charge is 0.357 e. The van der Waals surface area contributed by atoms with Gasteiger partial charge in [-0.05, 0) is 31.9 Å². The van der Waals surface area contributed by atoms with Crippen LogP contribution in [0.5, 0.6) is 0 Å². The molecule has 0 unspecified atom stereocenters. The highest BCUT2D eigenvalue weighted by molar-refractivity contribution is 7.91. The van der Waals surface area contributed by atoms with Crippen molar-refractivity contribution in [3.8, 4) is 0 Å². The molecule has 0 radical (unpaired) electrons. The number of hydrogen-bond donors (Lipinski definition) is 2. The number of sulfonamides is 1. The summed E-state index contributed by atoms with van der Waals surface area (Å²) in [6.45, 7) is 10.2. The quantitative estimate of drug-likeness (QED) is 0.355. The molecule has 0 aromatic carbocycles. The Morgan fingerprint density at radius 2 is 2.10 bits per heavy atom. The Labute approximate surface area is 178 Å². The number of rotatable bonds is 9. The Morgan fingerprint density at radius 3 is 2.69 bits per heavy atom. The van der Waals surface area contributed by atoms with E-state index in [-0.39, 0.29) is 6.54 Å². The first-order valence-electron chi connectivity index (χ1n) is 9.72. The summed E-state index contributed by atoms with van der Waals surface area (Å²) >= 11 is 1.26. The molecule has 162 valence electrons. The highest BCUT2D eigenvalue weighted by atomic mass is 32.2. The maximum atomic E-state index is 12.3. The van der Waals surface area contributed by atoms with Gasteiger partial charge in [0.2, 0.25) is 10.0 Å². The predicted octanol–water partition coefficient (Wildman–Crippen LogP) is 2.29. The summed E-state index contributed by atoms with van der Waals surface area (Å²) in [5.74, 6) is 1.08. The van der Waals surface area contributed by atoms with Crippen LogP contribution in [0.1, 0.15) is 42.8 Å². The molecule has 0 aliphatic rings. The van der Waals surface area contributed by atoms with Gasteiger partial charge in [-0.2, -0.15) is 5.10 Å². The molecule has 2 aromatic rings. The zero-order chi connectivity index (χ0) is 21.6. The zero-order valence-corrected chi connectivity index (χ0v) is 19.7. The van der Waals surface area contributed by atoms with E-state index in [9.17, 15) is 8.42 Å². The van der Waals surface area contributed by atoms with Crippen LogP contribution in [0.3, 0.4) is 0 Å². The van der Waals surface area contributed by atoms with Gasteiger partial charge in [0.25, 0.3) is 0 Å². The summed E-state index contributed by atoms with van der Waals surface area (Å²) in [4.78, 5) is 7.57. The van der Waals surface area contributed by atoms with Gasteiger partial charge >= 0.3 is 0 Å². The van der Waals surface area contributed by atoms with E-state index in [1.165, 1.54) is 11.3 Å². The van der Waals surface area contributed by atoms with Crippen molar-refractivity contribution >= 4 is 27.3 Å². The van der Waals surface area contributed by atoms with Crippen molar-refractivity contribution < 1.29 is 8.42 Å². The second-order valence-electron chi connectivity index (χ2n) is 7.22. The third-order valence-electron chi connectivity index (χ3n) is 4.23. The Kier molecular flexibility index (Phi) is 8.23. The molecule has 0 amide bonds. The van der Waals surface area contributed by atoms with Crippen LogP contribution in [0, 0.1) is 6.92 Å². The summed E-state index contributed by atoms with van der Waals surface area (Å²) in [6.07, 6.45) is 2.03. The van der Waals surface area contributed by atoms with Crippen LogP contribution in [-0.4, -0.2) is 55.7 Å². The van der Waals surface area contributed by atoms with Gasteiger partial charge in [0, 0.05) is 50.4 Å². The molecule has 0 fully saturated rings. The molecule has 2 heterocycles. The van der Waals surface area contributed by atoms with Crippen molar-refractivity contribution in [2.75, 3.05) is 26.7 Å². The van der Waals surface area contributed by atoms with Crippen molar-refractivity contribution in [2.24, 2.45) is 12.0 Å². The predicted molar refractivity (Wildman–Crippen MR) is 119 cm³/mol. The van der Waals surface area contributed by atoms with Crippen molar-refractivity contribution in [3.63, 3.8) is 0 Å². The minimum atomic E-state index is -3.48. The molecule has 2 aromatic heterocycles. The number of nitrogens with zero attached hydrogens (tertiary/aromatic N) is 4. The Hall–Kier alpha value is -1.91. The van der Waals surface area contributed by atoms with Crippen LogP contribution >= 0.6 is 11.3 Å². The molecule has 0 saturated heterocycles. The van der Waals surface area contributed by atoms with E-state index in [0.29, 0.717) is 23.2 Å². The van der Waals surface area contributed by atoms with Gasteiger partial charge in [-0.1, -0.05) is 13.8 Å². The number of aliphatic imine (C=N–C) groups is 1. The van der Waals surface area contributed by atoms with Crippen LogP contribution in [0.15, 0.2) is 27.5 Å². The molecule has 0 bridgehead atoms. The molecule has 0 spiro atoms. The number of hydrogen-bond acceptors (Lipinski definition) is 5. The van der Waals surface area contributed by atoms with E-state index < -0.39 is 10.0 Å². The molecule has 2 rings (SSSR count). The van der Waals surface area contributed by atoms with Crippen molar-refractivity contribution in [1.82, 2.24) is 24.7 Å². The number of aromatic nitrogens is 2. The fourth-order valence-corrected chi connectivity index (χ4v) is 5.28. The van der Waals surface area contributed by atoms with Crippen LogP contribution in [-0.2, 0) is 23.6 Å². The van der Waals surface area contributed by atoms with Crippen LogP contribution in [0.4, 0.5) is 0 Å². The summed E-state index contributed by atoms with van der Waals surface area (Å²) in [7, 11) is 0.419. The smallest absolute Gasteiger partial charge is 0.250 e. The maximum absolute atomic E-state index is 12.3. The van der Waals surface area contributed by atoms with Crippen LogP contribution in [0.2, 0.25) is 0 Å². The fraction of sp³-hybridized carbons (Fsp3) is 0.579. The lowest BCUT2D eigenvalue weighted by Crippen LogP contribution is -2.39. The van der Waals surface area contributed by atoms with Gasteiger partial charge in [0.15, 0.2) is 5.96 Å². The fourth-order valence-electron chi connectivity index (χ4n) is 2.93. The summed E-state index contributed by atoms with van der Waals surface area (Å²) in [5, 5.41) is 7.82. The average molecular weight is 441 g/mol. The molecule has 29 heavy (non-hydrogen) atoms. The molecular formula is C19H32N6O2S2. The topological polar surface area (TPSA) is 91.6 Å². The Balaban J connectivity index is 2.00. The van der Waals surface area contributed by atoms with E-state index in [2.05, 4.69) is 34.0 Å². The van der Waals surface area contributed by atoms with Crippen LogP contribution in [0.25, 0.3) is 0 Å². The van der Waals surface area contributed by atoms with Crippen molar-refractivity contribution in [3.05, 3.63) is 34.5 Å². The molecule has 2 N–H and O–H groups in total. The number of nitrogens with one attached hydrogen (secondary N) is 2. The minimum Gasteiger partial charge on any atom is -0.357 e. The second-order valence-corrected chi connectivity index (χ2v) is 10.5. The molecular weight excluding hydrogens is 408 g/mol. The molecule has 0 atom stereocenters. The van der Waals surface area contributed by atoms with Gasteiger partial charge in [0.05, 0.1) is 12.2 Å². The van der Waals surface area contributed by atoms with Crippen LogP contribution < -0.4 is 10.0 Å². The van der Waals surface area contributed by atoms with Crippen molar-refractivity contribution in [1.29, 1.82) is 0 Å². The molecule has 0 aliphatic carbocycles. The lowest BCUT2D eigenvalue weighted by atomic mass is 10.1. The standard InChI is InChI=1S/C19H32N6O2S2/c1-7-20-19(24(5)12-16-13-25(6)23-18(16)14(2)3)21-10-11-22-29(26,27)17-9-8-15(4)28-17/h8-9,13-14,22H,7,10-12H2,1-6H3,(H,20,21). The number of aryl methyl sites for hydroxylation is 2. The second kappa shape index (κ2) is 10.2. The monoisotopic (exact) mass is 440 g/mol. The molecule has 10 heteroatoms. The number of guanidine groups is 1. The zero-order valence-electron chi connectivity index (χ0n) is 18.1. The Morgan fingerprint density at radius 1 is 1.38 bits per heavy atom.